The van der Waals surface area contributed by atoms with Gasteiger partial charge in [-0.2, -0.15) is 0 Å². The highest BCUT2D eigenvalue weighted by Crippen LogP contribution is 2.29. The summed E-state index contributed by atoms with van der Waals surface area (Å²) in [5.74, 6) is 0.627. The lowest BCUT2D eigenvalue weighted by molar-refractivity contribution is 0.102. The number of H-pyrrole nitrogens is 1. The Balaban J connectivity index is 2.00. The number of anilines is 1. The molecule has 2 N–H and O–H groups in total. The Hall–Kier alpha value is -3.55. The number of aromatic amines is 1. The molecule has 0 saturated heterocycles. The third-order valence-corrected chi connectivity index (χ3v) is 4.22. The van der Waals surface area contributed by atoms with Crippen molar-refractivity contribution < 1.29 is 14.3 Å². The smallest absolute Gasteiger partial charge is 0.328 e. The lowest BCUT2D eigenvalue weighted by atomic mass is 10.1. The summed E-state index contributed by atoms with van der Waals surface area (Å²) in [5.41, 5.74) is 0.133. The van der Waals surface area contributed by atoms with Crippen molar-refractivity contribution in [3.63, 3.8) is 0 Å². The summed E-state index contributed by atoms with van der Waals surface area (Å²) in [6.45, 7) is 1.98. The van der Waals surface area contributed by atoms with Crippen LogP contribution in [0.4, 0.5) is 5.69 Å². The van der Waals surface area contributed by atoms with E-state index in [1.165, 1.54) is 32.4 Å². The zero-order chi connectivity index (χ0) is 19.6. The maximum atomic E-state index is 12.6. The number of carbonyl (C=O) groups excluding carboxylic acids is 1. The number of nitrogens with one attached hydrogen (secondary N) is 2. The second-order valence-electron chi connectivity index (χ2n) is 5.76. The van der Waals surface area contributed by atoms with Crippen molar-refractivity contribution in [2.75, 3.05) is 19.5 Å². The van der Waals surface area contributed by atoms with E-state index in [1.54, 1.807) is 25.1 Å². The molecule has 2 aromatic carbocycles. The maximum Gasteiger partial charge on any atom is 0.328 e. The molecule has 27 heavy (non-hydrogen) atoms. The number of methoxy groups -OCH3 is 2. The Labute approximate surface area is 154 Å². The number of rotatable bonds is 5. The molecule has 0 radical (unpaired) electrons. The van der Waals surface area contributed by atoms with Crippen molar-refractivity contribution in [3.8, 4) is 11.5 Å². The second-order valence-corrected chi connectivity index (χ2v) is 5.76. The predicted molar refractivity (Wildman–Crippen MR) is 102 cm³/mol. The number of amides is 1. The van der Waals surface area contributed by atoms with Crippen LogP contribution in [-0.4, -0.2) is 29.7 Å². The lowest BCUT2D eigenvalue weighted by Crippen LogP contribution is -2.34. The van der Waals surface area contributed by atoms with Gasteiger partial charge in [0.2, 0.25) is 0 Å². The zero-order valence-corrected chi connectivity index (χ0v) is 15.2. The van der Waals surface area contributed by atoms with Crippen LogP contribution in [0.2, 0.25) is 0 Å². The molecule has 0 bridgehead atoms. The number of ether oxygens (including phenoxy) is 2. The van der Waals surface area contributed by atoms with Crippen LogP contribution in [0.5, 0.6) is 11.5 Å². The number of fused-ring (bicyclic) bond motifs is 1. The Morgan fingerprint density at radius 2 is 1.89 bits per heavy atom. The third-order valence-electron chi connectivity index (χ3n) is 4.22. The molecule has 3 rings (SSSR count). The van der Waals surface area contributed by atoms with Gasteiger partial charge in [-0.25, -0.2) is 4.79 Å². The van der Waals surface area contributed by atoms with E-state index in [0.29, 0.717) is 28.1 Å². The van der Waals surface area contributed by atoms with E-state index < -0.39 is 17.2 Å². The molecule has 0 atom stereocenters. The van der Waals surface area contributed by atoms with Crippen LogP contribution < -0.4 is 26.0 Å². The van der Waals surface area contributed by atoms with E-state index in [9.17, 15) is 14.4 Å². The van der Waals surface area contributed by atoms with Gasteiger partial charge in [-0.15, -0.1) is 0 Å². The first kappa shape index (κ1) is 18.2. The van der Waals surface area contributed by atoms with Gasteiger partial charge < -0.3 is 19.8 Å². The first-order chi connectivity index (χ1) is 13.0. The highest BCUT2D eigenvalue weighted by molar-refractivity contribution is 6.06. The molecular weight excluding hydrogens is 350 g/mol. The lowest BCUT2D eigenvalue weighted by Gasteiger charge is -2.12. The third kappa shape index (κ3) is 3.41. The van der Waals surface area contributed by atoms with E-state index in [-0.39, 0.29) is 12.1 Å². The summed E-state index contributed by atoms with van der Waals surface area (Å²) in [5, 5.41) is 3.09. The van der Waals surface area contributed by atoms with Gasteiger partial charge in [0.1, 0.15) is 11.5 Å². The Morgan fingerprint density at radius 3 is 2.56 bits per heavy atom. The molecule has 1 amide bonds. The molecule has 8 nitrogen and oxygen atoms in total. The predicted octanol–water partition coefficient (Wildman–Crippen LogP) is 1.98. The number of carbonyl (C=O) groups is 1. The van der Waals surface area contributed by atoms with E-state index in [4.69, 9.17) is 9.47 Å². The van der Waals surface area contributed by atoms with Crippen LogP contribution in [-0.2, 0) is 6.54 Å². The fourth-order valence-corrected chi connectivity index (χ4v) is 2.79. The molecule has 0 saturated carbocycles. The van der Waals surface area contributed by atoms with Crippen LogP contribution in [0, 0.1) is 0 Å². The monoisotopic (exact) mass is 369 g/mol. The molecule has 0 spiro atoms. The van der Waals surface area contributed by atoms with Crippen molar-refractivity contribution >= 4 is 22.5 Å². The van der Waals surface area contributed by atoms with Crippen molar-refractivity contribution in [2.24, 2.45) is 0 Å². The molecule has 0 aliphatic carbocycles. The van der Waals surface area contributed by atoms with E-state index >= 15 is 0 Å². The average Bonchev–Trinajstić information content (AvgIpc) is 2.67. The summed E-state index contributed by atoms with van der Waals surface area (Å²) in [6, 6.07) is 9.56. The van der Waals surface area contributed by atoms with Gasteiger partial charge in [-0.3, -0.25) is 14.2 Å². The quantitative estimate of drug-likeness (QED) is 0.716. The summed E-state index contributed by atoms with van der Waals surface area (Å²) < 4.78 is 11.5. The van der Waals surface area contributed by atoms with Crippen LogP contribution in [0.1, 0.15) is 17.3 Å². The average molecular weight is 369 g/mol. The molecule has 8 heteroatoms. The minimum atomic E-state index is -0.512. The van der Waals surface area contributed by atoms with Crippen LogP contribution in [0.15, 0.2) is 46.0 Å². The topological polar surface area (TPSA) is 102 Å². The highest BCUT2D eigenvalue weighted by Gasteiger charge is 2.13. The second kappa shape index (κ2) is 7.36. The van der Waals surface area contributed by atoms with E-state index in [2.05, 4.69) is 10.3 Å². The normalized spacial score (nSPS) is 10.6. The van der Waals surface area contributed by atoms with Crippen molar-refractivity contribution in [1.82, 2.24) is 9.55 Å². The number of aromatic nitrogens is 2. The molecule has 1 heterocycles. The van der Waals surface area contributed by atoms with Gasteiger partial charge in [-0.05, 0) is 37.3 Å². The number of hydrogen-bond donors (Lipinski definition) is 2. The van der Waals surface area contributed by atoms with Crippen LogP contribution in [0.3, 0.4) is 0 Å². The highest BCUT2D eigenvalue weighted by atomic mass is 16.5. The standard InChI is InChI=1S/C19H19N3O5/c1-4-22-18(24)13-7-5-11(9-14(13)21-19(22)25)17(23)20-15-10-12(26-2)6-8-16(15)27-3/h5-10H,4H2,1-3H3,(H,20,23)(H,21,25). The molecule has 140 valence electrons. The van der Waals surface area contributed by atoms with Crippen molar-refractivity contribution in [1.29, 1.82) is 0 Å². The minimum absolute atomic E-state index is 0.266. The van der Waals surface area contributed by atoms with Gasteiger partial charge in [0.05, 0.1) is 30.8 Å². The zero-order valence-electron chi connectivity index (χ0n) is 15.2. The summed E-state index contributed by atoms with van der Waals surface area (Å²) in [7, 11) is 3.02. The first-order valence-electron chi connectivity index (χ1n) is 8.28. The van der Waals surface area contributed by atoms with Crippen molar-refractivity contribution in [2.45, 2.75) is 13.5 Å². The molecular formula is C19H19N3O5. The number of benzene rings is 2. The largest absolute Gasteiger partial charge is 0.497 e. The van der Waals surface area contributed by atoms with Gasteiger partial charge in [0.15, 0.2) is 0 Å². The molecule has 1 aromatic heterocycles. The molecule has 0 aliphatic rings. The first-order valence-corrected chi connectivity index (χ1v) is 8.28. The molecule has 0 fully saturated rings. The maximum absolute atomic E-state index is 12.6. The Bertz CT molecular complexity index is 1130. The minimum Gasteiger partial charge on any atom is -0.497 e. The SMILES string of the molecule is CCn1c(=O)[nH]c2cc(C(=O)Nc3cc(OC)ccc3OC)ccc2c1=O. The summed E-state index contributed by atoms with van der Waals surface area (Å²) in [6.07, 6.45) is 0. The fourth-order valence-electron chi connectivity index (χ4n) is 2.79. The molecule has 0 aliphatic heterocycles. The van der Waals surface area contributed by atoms with E-state index in [0.717, 1.165) is 4.57 Å². The molecule has 0 unspecified atom stereocenters. The number of hydrogen-bond acceptors (Lipinski definition) is 5. The van der Waals surface area contributed by atoms with Gasteiger partial charge in [-0.1, -0.05) is 0 Å². The van der Waals surface area contributed by atoms with Crippen LogP contribution >= 0.6 is 0 Å². The summed E-state index contributed by atoms with van der Waals surface area (Å²) >= 11 is 0. The summed E-state index contributed by atoms with van der Waals surface area (Å²) in [4.78, 5) is 39.6. The van der Waals surface area contributed by atoms with Crippen LogP contribution in [0.25, 0.3) is 10.9 Å². The Morgan fingerprint density at radius 1 is 1.11 bits per heavy atom. The number of nitrogens with zero attached hydrogens (tertiary/aromatic N) is 1. The van der Waals surface area contributed by atoms with Crippen molar-refractivity contribution in [3.05, 3.63) is 62.8 Å². The molecule has 3 aromatic rings. The fraction of sp³-hybridized carbons (Fsp3) is 0.211. The van der Waals surface area contributed by atoms with E-state index in [1.807, 2.05) is 0 Å². The van der Waals surface area contributed by atoms with Gasteiger partial charge >= 0.3 is 5.69 Å². The Kier molecular flexibility index (Phi) is 4.98. The van der Waals surface area contributed by atoms with Gasteiger partial charge in [0.25, 0.3) is 11.5 Å². The van der Waals surface area contributed by atoms with Gasteiger partial charge in [0, 0.05) is 18.2 Å².